The lowest BCUT2D eigenvalue weighted by Crippen LogP contribution is -2.24. The molecule has 1 aromatic carbocycles. The van der Waals surface area contributed by atoms with Gasteiger partial charge in [0.05, 0.1) is 17.4 Å². The Morgan fingerprint density at radius 3 is 2.52 bits per heavy atom. The highest BCUT2D eigenvalue weighted by Gasteiger charge is 2.30. The number of benzene rings is 1. The first-order chi connectivity index (χ1) is 14.7. The Balaban J connectivity index is 1.57. The molecule has 0 aliphatic heterocycles. The van der Waals surface area contributed by atoms with Crippen LogP contribution in [0.25, 0.3) is 5.82 Å². The second-order valence-corrected chi connectivity index (χ2v) is 7.97. The van der Waals surface area contributed by atoms with Crippen molar-refractivity contribution < 1.29 is 13.2 Å². The van der Waals surface area contributed by atoms with E-state index >= 15 is 0 Å². The molecular formula is C22H20ClF3N4O. The van der Waals surface area contributed by atoms with Crippen molar-refractivity contribution in [2.45, 2.75) is 44.8 Å². The number of pyridine rings is 1. The van der Waals surface area contributed by atoms with Gasteiger partial charge in [-0.1, -0.05) is 29.8 Å². The third kappa shape index (κ3) is 4.44. The topological polar surface area (TPSA) is 59.8 Å². The molecule has 0 amide bonds. The van der Waals surface area contributed by atoms with Gasteiger partial charge in [-0.2, -0.15) is 23.0 Å². The summed E-state index contributed by atoms with van der Waals surface area (Å²) in [7, 11) is 0. The average Bonchev–Trinajstić information content (AvgIpc) is 2.76. The van der Waals surface area contributed by atoms with E-state index in [0.29, 0.717) is 11.9 Å². The Kier molecular flexibility index (Phi) is 5.75. The van der Waals surface area contributed by atoms with Gasteiger partial charge in [0.2, 0.25) is 0 Å². The molecule has 9 heteroatoms. The third-order valence-electron chi connectivity index (χ3n) is 5.46. The smallest absolute Gasteiger partial charge is 0.376 e. The SMILES string of the molecule is CC(Nc1cnn(-c2ccc(C(F)(F)F)cn2)c(=O)c1Cl)c1ccc2c(c1)CCCC2. The molecule has 1 unspecified atom stereocenters. The van der Waals surface area contributed by atoms with Gasteiger partial charge in [0, 0.05) is 12.2 Å². The minimum atomic E-state index is -4.51. The molecule has 3 aromatic rings. The fraction of sp³-hybridized carbons (Fsp3) is 0.318. The lowest BCUT2D eigenvalue weighted by atomic mass is 9.89. The molecule has 0 saturated heterocycles. The Hall–Kier alpha value is -2.87. The molecule has 5 nitrogen and oxygen atoms in total. The van der Waals surface area contributed by atoms with E-state index in [9.17, 15) is 18.0 Å². The van der Waals surface area contributed by atoms with Crippen LogP contribution in [0.3, 0.4) is 0 Å². The number of hydrogen-bond donors (Lipinski definition) is 1. The van der Waals surface area contributed by atoms with Crippen molar-refractivity contribution in [3.8, 4) is 5.82 Å². The van der Waals surface area contributed by atoms with Crippen LogP contribution in [0.5, 0.6) is 0 Å². The van der Waals surface area contributed by atoms with E-state index in [2.05, 4.69) is 33.6 Å². The number of rotatable bonds is 4. The molecular weight excluding hydrogens is 429 g/mol. The van der Waals surface area contributed by atoms with Crippen molar-refractivity contribution in [3.05, 3.63) is 80.4 Å². The second kappa shape index (κ2) is 8.34. The van der Waals surface area contributed by atoms with Crippen LogP contribution in [-0.4, -0.2) is 14.8 Å². The van der Waals surface area contributed by atoms with Gasteiger partial charge < -0.3 is 5.32 Å². The summed E-state index contributed by atoms with van der Waals surface area (Å²) in [6.07, 6.45) is 2.08. The van der Waals surface area contributed by atoms with E-state index in [1.807, 2.05) is 6.92 Å². The first kappa shape index (κ1) is 21.4. The zero-order chi connectivity index (χ0) is 22.2. The second-order valence-electron chi connectivity index (χ2n) is 7.59. The van der Waals surface area contributed by atoms with Crippen molar-refractivity contribution >= 4 is 17.3 Å². The molecule has 31 heavy (non-hydrogen) atoms. The molecule has 1 N–H and O–H groups in total. The lowest BCUT2D eigenvalue weighted by Gasteiger charge is -2.21. The third-order valence-corrected chi connectivity index (χ3v) is 5.82. The van der Waals surface area contributed by atoms with Crippen molar-refractivity contribution in [1.29, 1.82) is 0 Å². The number of fused-ring (bicyclic) bond motifs is 1. The van der Waals surface area contributed by atoms with E-state index in [-0.39, 0.29) is 16.9 Å². The number of anilines is 1. The van der Waals surface area contributed by atoms with Crippen molar-refractivity contribution in [1.82, 2.24) is 14.8 Å². The van der Waals surface area contributed by atoms with Crippen LogP contribution in [0.15, 0.2) is 47.5 Å². The summed E-state index contributed by atoms with van der Waals surface area (Å²) in [6, 6.07) is 8.20. The van der Waals surface area contributed by atoms with Crippen molar-refractivity contribution in [2.75, 3.05) is 5.32 Å². The van der Waals surface area contributed by atoms with Gasteiger partial charge >= 0.3 is 6.18 Å². The molecule has 0 bridgehead atoms. The Morgan fingerprint density at radius 1 is 1.10 bits per heavy atom. The highest BCUT2D eigenvalue weighted by Crippen LogP contribution is 2.29. The molecule has 0 spiro atoms. The maximum absolute atomic E-state index is 12.7. The molecule has 0 radical (unpaired) electrons. The van der Waals surface area contributed by atoms with Crippen molar-refractivity contribution in [3.63, 3.8) is 0 Å². The molecule has 1 aliphatic rings. The molecule has 0 fully saturated rings. The average molecular weight is 449 g/mol. The van der Waals surface area contributed by atoms with E-state index < -0.39 is 17.3 Å². The summed E-state index contributed by atoms with van der Waals surface area (Å²) in [5.41, 5.74) is 2.58. The minimum absolute atomic E-state index is 0.0471. The zero-order valence-electron chi connectivity index (χ0n) is 16.7. The quantitative estimate of drug-likeness (QED) is 0.584. The molecule has 2 aromatic heterocycles. The van der Waals surface area contributed by atoms with Crippen LogP contribution in [0.1, 0.15) is 48.1 Å². The van der Waals surface area contributed by atoms with E-state index in [1.54, 1.807) is 0 Å². The van der Waals surface area contributed by atoms with Crippen LogP contribution >= 0.6 is 11.6 Å². The number of aryl methyl sites for hydroxylation is 2. The van der Waals surface area contributed by atoms with Crippen LogP contribution in [0.2, 0.25) is 5.02 Å². The van der Waals surface area contributed by atoms with Gasteiger partial charge in [0.25, 0.3) is 5.56 Å². The van der Waals surface area contributed by atoms with Crippen molar-refractivity contribution in [2.24, 2.45) is 0 Å². The van der Waals surface area contributed by atoms with E-state index in [4.69, 9.17) is 11.6 Å². The van der Waals surface area contributed by atoms with Crippen LogP contribution < -0.4 is 10.9 Å². The number of halogens is 4. The van der Waals surface area contributed by atoms with Gasteiger partial charge in [0.1, 0.15) is 5.02 Å². The van der Waals surface area contributed by atoms with Crippen LogP contribution in [-0.2, 0) is 19.0 Å². The predicted molar refractivity (Wildman–Crippen MR) is 113 cm³/mol. The molecule has 2 heterocycles. The standard InChI is InChI=1S/C22H20ClF3N4O/c1-13(15-7-6-14-4-2-3-5-16(14)10-15)29-18-12-28-30(21(31)20(18)23)19-9-8-17(11-27-19)22(24,25)26/h6-13,29H,2-5H2,1H3. The number of nitrogens with zero attached hydrogens (tertiary/aromatic N) is 3. The highest BCUT2D eigenvalue weighted by molar-refractivity contribution is 6.32. The largest absolute Gasteiger partial charge is 0.417 e. The maximum Gasteiger partial charge on any atom is 0.417 e. The Morgan fingerprint density at radius 2 is 1.84 bits per heavy atom. The summed E-state index contributed by atoms with van der Waals surface area (Å²) in [6.45, 7) is 1.96. The minimum Gasteiger partial charge on any atom is -0.376 e. The maximum atomic E-state index is 12.7. The monoisotopic (exact) mass is 448 g/mol. The summed E-state index contributed by atoms with van der Waals surface area (Å²) in [4.78, 5) is 16.3. The first-order valence-electron chi connectivity index (χ1n) is 9.94. The number of aromatic nitrogens is 3. The van der Waals surface area contributed by atoms with Gasteiger partial charge in [-0.3, -0.25) is 4.79 Å². The van der Waals surface area contributed by atoms with Gasteiger partial charge in [-0.15, -0.1) is 0 Å². The fourth-order valence-electron chi connectivity index (χ4n) is 3.71. The Labute approximate surface area is 181 Å². The van der Waals surface area contributed by atoms with Crippen LogP contribution in [0, 0.1) is 0 Å². The lowest BCUT2D eigenvalue weighted by molar-refractivity contribution is -0.137. The van der Waals surface area contributed by atoms with Gasteiger partial charge in [0.15, 0.2) is 5.82 Å². The summed E-state index contributed by atoms with van der Waals surface area (Å²) in [5, 5.41) is 7.13. The normalized spacial score (nSPS) is 14.7. The first-order valence-corrected chi connectivity index (χ1v) is 10.3. The van der Waals surface area contributed by atoms with Crippen LogP contribution in [0.4, 0.5) is 18.9 Å². The highest BCUT2D eigenvalue weighted by atomic mass is 35.5. The molecule has 4 rings (SSSR count). The predicted octanol–water partition coefficient (Wildman–Crippen LogP) is 5.35. The van der Waals surface area contributed by atoms with Gasteiger partial charge in [-0.25, -0.2) is 4.98 Å². The number of alkyl halides is 3. The number of hydrogen-bond acceptors (Lipinski definition) is 4. The summed E-state index contributed by atoms with van der Waals surface area (Å²) >= 11 is 6.26. The molecule has 162 valence electrons. The number of nitrogens with one attached hydrogen (secondary N) is 1. The summed E-state index contributed by atoms with van der Waals surface area (Å²) in [5.74, 6) is -0.0471. The summed E-state index contributed by atoms with van der Waals surface area (Å²) < 4.78 is 39.0. The Bertz CT molecular complexity index is 1160. The van der Waals surface area contributed by atoms with E-state index in [0.717, 1.165) is 35.2 Å². The van der Waals surface area contributed by atoms with Gasteiger partial charge in [-0.05, 0) is 61.4 Å². The molecule has 1 aliphatic carbocycles. The zero-order valence-corrected chi connectivity index (χ0v) is 17.5. The molecule has 0 saturated carbocycles. The molecule has 1 atom stereocenters. The van der Waals surface area contributed by atoms with E-state index in [1.165, 1.54) is 30.2 Å². The fourth-order valence-corrected chi connectivity index (χ4v) is 3.90.